The van der Waals surface area contributed by atoms with Gasteiger partial charge in [-0.3, -0.25) is 9.59 Å². The normalized spacial score (nSPS) is 10.8. The fraction of sp³-hybridized carbons (Fsp3) is 0.200. The van der Waals surface area contributed by atoms with Gasteiger partial charge in [0, 0.05) is 30.2 Å². The molecule has 0 atom stereocenters. The van der Waals surface area contributed by atoms with Gasteiger partial charge >= 0.3 is 0 Å². The monoisotopic (exact) mass is 320 g/mol. The number of carbonyl (C=O) groups excluding carboxylic acids is 1. The molecule has 0 aliphatic rings. The number of aromatic nitrogens is 1. The molecule has 0 bridgehead atoms. The number of para-hydroxylation sites is 1. The molecule has 0 radical (unpaired) electrons. The zero-order chi connectivity index (χ0) is 17.1. The van der Waals surface area contributed by atoms with Crippen LogP contribution < -0.4 is 10.5 Å². The SMILES string of the molecule is Cc1cc2ccc(CCC(=O)N(C)c3ccccc3)cc2[nH]c1=O. The summed E-state index contributed by atoms with van der Waals surface area (Å²) in [6.07, 6.45) is 1.06. The molecule has 0 saturated heterocycles. The predicted octanol–water partition coefficient (Wildman–Crippen LogP) is 3.43. The Kier molecular flexibility index (Phi) is 4.47. The van der Waals surface area contributed by atoms with E-state index in [2.05, 4.69) is 4.98 Å². The van der Waals surface area contributed by atoms with Crippen LogP contribution in [0.15, 0.2) is 59.4 Å². The Balaban J connectivity index is 1.72. The number of fused-ring (bicyclic) bond motifs is 1. The highest BCUT2D eigenvalue weighted by Gasteiger charge is 2.11. The second kappa shape index (κ2) is 6.71. The van der Waals surface area contributed by atoms with Crippen molar-refractivity contribution in [3.05, 3.63) is 76.1 Å². The summed E-state index contributed by atoms with van der Waals surface area (Å²) in [5, 5.41) is 1.00. The number of hydrogen-bond acceptors (Lipinski definition) is 2. The van der Waals surface area contributed by atoms with Crippen molar-refractivity contribution in [2.24, 2.45) is 0 Å². The molecule has 0 fully saturated rings. The van der Waals surface area contributed by atoms with Crippen LogP contribution in [0.3, 0.4) is 0 Å². The smallest absolute Gasteiger partial charge is 0.251 e. The summed E-state index contributed by atoms with van der Waals surface area (Å²) < 4.78 is 0. The zero-order valence-corrected chi connectivity index (χ0v) is 13.9. The summed E-state index contributed by atoms with van der Waals surface area (Å²) in [6.45, 7) is 1.80. The lowest BCUT2D eigenvalue weighted by atomic mass is 10.1. The van der Waals surface area contributed by atoms with Crippen LogP contribution in [0.1, 0.15) is 17.5 Å². The van der Waals surface area contributed by atoms with Gasteiger partial charge in [-0.1, -0.05) is 30.3 Å². The van der Waals surface area contributed by atoms with E-state index in [1.54, 1.807) is 18.9 Å². The number of hydrogen-bond donors (Lipinski definition) is 1. The maximum atomic E-state index is 12.3. The van der Waals surface area contributed by atoms with E-state index in [0.29, 0.717) is 18.4 Å². The Labute approximate surface area is 140 Å². The van der Waals surface area contributed by atoms with Crippen LogP contribution in [-0.4, -0.2) is 17.9 Å². The van der Waals surface area contributed by atoms with Crippen LogP contribution >= 0.6 is 0 Å². The Bertz CT molecular complexity index is 929. The molecule has 1 heterocycles. The maximum absolute atomic E-state index is 12.3. The molecule has 24 heavy (non-hydrogen) atoms. The molecule has 4 nitrogen and oxygen atoms in total. The molecule has 3 rings (SSSR count). The van der Waals surface area contributed by atoms with Gasteiger partial charge in [-0.05, 0) is 48.6 Å². The van der Waals surface area contributed by atoms with Crippen LogP contribution in [0.2, 0.25) is 0 Å². The van der Waals surface area contributed by atoms with Crippen molar-refractivity contribution in [3.63, 3.8) is 0 Å². The highest BCUT2D eigenvalue weighted by Crippen LogP contribution is 2.16. The highest BCUT2D eigenvalue weighted by molar-refractivity contribution is 5.93. The van der Waals surface area contributed by atoms with Crippen molar-refractivity contribution in [3.8, 4) is 0 Å². The number of nitrogens with one attached hydrogen (secondary N) is 1. The fourth-order valence-electron chi connectivity index (χ4n) is 2.73. The number of aromatic amines is 1. The van der Waals surface area contributed by atoms with Crippen molar-refractivity contribution >= 4 is 22.5 Å². The van der Waals surface area contributed by atoms with E-state index in [0.717, 1.165) is 22.2 Å². The number of amides is 1. The average Bonchev–Trinajstić information content (AvgIpc) is 2.60. The highest BCUT2D eigenvalue weighted by atomic mass is 16.2. The number of anilines is 1. The first-order chi connectivity index (χ1) is 11.5. The number of H-pyrrole nitrogens is 1. The van der Waals surface area contributed by atoms with Gasteiger partial charge in [-0.25, -0.2) is 0 Å². The third-order valence-corrected chi connectivity index (χ3v) is 4.24. The maximum Gasteiger partial charge on any atom is 0.251 e. The summed E-state index contributed by atoms with van der Waals surface area (Å²) in [4.78, 5) is 28.6. The van der Waals surface area contributed by atoms with E-state index >= 15 is 0 Å². The van der Waals surface area contributed by atoms with Crippen LogP contribution in [0.25, 0.3) is 10.9 Å². The van der Waals surface area contributed by atoms with Crippen molar-refractivity contribution in [1.82, 2.24) is 4.98 Å². The predicted molar refractivity (Wildman–Crippen MR) is 97.5 cm³/mol. The summed E-state index contributed by atoms with van der Waals surface area (Å²) >= 11 is 0. The third kappa shape index (κ3) is 3.38. The van der Waals surface area contributed by atoms with E-state index in [1.165, 1.54) is 0 Å². The Hall–Kier alpha value is -2.88. The molecule has 2 aromatic carbocycles. The number of aryl methyl sites for hydroxylation is 2. The molecule has 122 valence electrons. The van der Waals surface area contributed by atoms with Gasteiger partial charge in [0.15, 0.2) is 0 Å². The molecular weight excluding hydrogens is 300 g/mol. The van der Waals surface area contributed by atoms with E-state index < -0.39 is 0 Å². The van der Waals surface area contributed by atoms with Crippen molar-refractivity contribution < 1.29 is 4.79 Å². The summed E-state index contributed by atoms with van der Waals surface area (Å²) in [5.74, 6) is 0.0682. The first-order valence-electron chi connectivity index (χ1n) is 7.99. The molecule has 1 N–H and O–H groups in total. The van der Waals surface area contributed by atoms with Gasteiger partial charge in [0.2, 0.25) is 5.91 Å². The lowest BCUT2D eigenvalue weighted by Crippen LogP contribution is -2.26. The van der Waals surface area contributed by atoms with Gasteiger partial charge in [-0.2, -0.15) is 0 Å². The number of pyridine rings is 1. The van der Waals surface area contributed by atoms with Crippen LogP contribution in [0, 0.1) is 6.92 Å². The zero-order valence-electron chi connectivity index (χ0n) is 13.9. The van der Waals surface area contributed by atoms with Crippen LogP contribution in [0.5, 0.6) is 0 Å². The molecule has 0 saturated carbocycles. The van der Waals surface area contributed by atoms with Gasteiger partial charge < -0.3 is 9.88 Å². The molecule has 0 aliphatic heterocycles. The molecule has 0 unspecified atom stereocenters. The minimum Gasteiger partial charge on any atom is -0.322 e. The number of benzene rings is 2. The van der Waals surface area contributed by atoms with Gasteiger partial charge in [0.25, 0.3) is 5.56 Å². The first-order valence-corrected chi connectivity index (χ1v) is 7.99. The summed E-state index contributed by atoms with van der Waals surface area (Å²) in [7, 11) is 1.79. The Morgan fingerprint density at radius 2 is 1.83 bits per heavy atom. The molecule has 3 aromatic rings. The molecule has 1 amide bonds. The largest absolute Gasteiger partial charge is 0.322 e. The lowest BCUT2D eigenvalue weighted by Gasteiger charge is -2.17. The molecule has 1 aromatic heterocycles. The topological polar surface area (TPSA) is 53.2 Å². The number of carbonyl (C=O) groups is 1. The van der Waals surface area contributed by atoms with Crippen LogP contribution in [-0.2, 0) is 11.2 Å². The third-order valence-electron chi connectivity index (χ3n) is 4.24. The van der Waals surface area contributed by atoms with E-state index in [1.807, 2.05) is 54.6 Å². The Morgan fingerprint density at radius 1 is 1.08 bits per heavy atom. The number of rotatable bonds is 4. The second-order valence-corrected chi connectivity index (χ2v) is 5.99. The summed E-state index contributed by atoms with van der Waals surface area (Å²) in [5.41, 5.74) is 3.37. The number of nitrogens with zero attached hydrogens (tertiary/aromatic N) is 1. The van der Waals surface area contributed by atoms with Gasteiger partial charge in [0.1, 0.15) is 0 Å². The minimum atomic E-state index is -0.0699. The van der Waals surface area contributed by atoms with Crippen molar-refractivity contribution in [2.45, 2.75) is 19.8 Å². The molecule has 0 aliphatic carbocycles. The van der Waals surface area contributed by atoms with Crippen molar-refractivity contribution in [1.29, 1.82) is 0 Å². The fourth-order valence-corrected chi connectivity index (χ4v) is 2.73. The lowest BCUT2D eigenvalue weighted by molar-refractivity contribution is -0.118. The van der Waals surface area contributed by atoms with Gasteiger partial charge in [0.05, 0.1) is 0 Å². The molecule has 0 spiro atoms. The van der Waals surface area contributed by atoms with E-state index in [9.17, 15) is 9.59 Å². The standard InChI is InChI=1S/C20H20N2O2/c1-14-12-16-10-8-15(13-18(16)21-20(14)24)9-11-19(23)22(2)17-6-4-3-5-7-17/h3-8,10,12-13H,9,11H2,1-2H3,(H,21,24). The minimum absolute atomic E-state index is 0.0682. The average molecular weight is 320 g/mol. The first kappa shape index (κ1) is 16.0. The quantitative estimate of drug-likeness (QED) is 0.800. The van der Waals surface area contributed by atoms with Crippen LogP contribution in [0.4, 0.5) is 5.69 Å². The van der Waals surface area contributed by atoms with Gasteiger partial charge in [-0.15, -0.1) is 0 Å². The van der Waals surface area contributed by atoms with E-state index in [-0.39, 0.29) is 11.5 Å². The summed E-state index contributed by atoms with van der Waals surface area (Å²) in [6, 6.07) is 17.4. The second-order valence-electron chi connectivity index (χ2n) is 5.99. The van der Waals surface area contributed by atoms with E-state index in [4.69, 9.17) is 0 Å². The van der Waals surface area contributed by atoms with Crippen molar-refractivity contribution in [2.75, 3.05) is 11.9 Å². The Morgan fingerprint density at radius 3 is 2.58 bits per heavy atom. The molecule has 4 heteroatoms. The molecular formula is C20H20N2O2.